The molecule has 1 heterocycles. The summed E-state index contributed by atoms with van der Waals surface area (Å²) in [5, 5.41) is 3.39. The molecule has 0 saturated carbocycles. The summed E-state index contributed by atoms with van der Waals surface area (Å²) in [5.41, 5.74) is 2.55. The topological polar surface area (TPSA) is 58.6 Å². The van der Waals surface area contributed by atoms with E-state index >= 15 is 0 Å². The number of hydrogen-bond acceptors (Lipinski definition) is 5. The van der Waals surface area contributed by atoms with E-state index in [1.807, 2.05) is 50.2 Å². The third kappa shape index (κ3) is 4.64. The second-order valence-corrected chi connectivity index (χ2v) is 7.31. The van der Waals surface area contributed by atoms with Crippen LogP contribution >= 0.6 is 23.4 Å². The molecule has 0 unspecified atom stereocenters. The van der Waals surface area contributed by atoms with E-state index in [1.165, 1.54) is 4.90 Å². The van der Waals surface area contributed by atoms with Crippen molar-refractivity contribution >= 4 is 46.3 Å². The zero-order valence-corrected chi connectivity index (χ0v) is 16.6. The number of imide groups is 1. The number of halogens is 1. The van der Waals surface area contributed by atoms with Crippen molar-refractivity contribution in [2.75, 3.05) is 18.6 Å². The smallest absolute Gasteiger partial charge is 0.295 e. The van der Waals surface area contributed by atoms with Gasteiger partial charge in [-0.05, 0) is 67.1 Å². The van der Waals surface area contributed by atoms with E-state index in [0.29, 0.717) is 16.5 Å². The minimum absolute atomic E-state index is 0.0880. The Balaban J connectivity index is 1.67. The van der Waals surface area contributed by atoms with Gasteiger partial charge >= 0.3 is 0 Å². The molecule has 0 radical (unpaired) electrons. The molecule has 7 heteroatoms. The van der Waals surface area contributed by atoms with Crippen molar-refractivity contribution in [3.8, 4) is 5.75 Å². The molecule has 0 spiro atoms. The highest BCUT2D eigenvalue weighted by Crippen LogP contribution is 2.32. The average Bonchev–Trinajstić information content (AvgIpc) is 2.91. The number of benzene rings is 2. The minimum atomic E-state index is -0.315. The van der Waals surface area contributed by atoms with Gasteiger partial charge in [0.2, 0.25) is 0 Å². The summed E-state index contributed by atoms with van der Waals surface area (Å²) in [4.78, 5) is 26.3. The summed E-state index contributed by atoms with van der Waals surface area (Å²) in [6.07, 6.45) is 1.71. The number of nitrogens with one attached hydrogen (secondary N) is 1. The van der Waals surface area contributed by atoms with Gasteiger partial charge in [-0.15, -0.1) is 0 Å². The van der Waals surface area contributed by atoms with E-state index in [1.54, 1.807) is 12.1 Å². The highest BCUT2D eigenvalue weighted by Gasteiger charge is 2.34. The Kier molecular flexibility index (Phi) is 6.08. The first-order valence-electron chi connectivity index (χ1n) is 8.46. The molecule has 1 saturated heterocycles. The van der Waals surface area contributed by atoms with E-state index < -0.39 is 0 Å². The lowest BCUT2D eigenvalue weighted by molar-refractivity contribution is -0.122. The van der Waals surface area contributed by atoms with Crippen LogP contribution in [0.4, 0.5) is 10.5 Å². The van der Waals surface area contributed by atoms with Gasteiger partial charge in [0.15, 0.2) is 0 Å². The molecule has 3 rings (SSSR count). The van der Waals surface area contributed by atoms with Gasteiger partial charge in [0.1, 0.15) is 5.75 Å². The van der Waals surface area contributed by atoms with Crippen LogP contribution in [0.15, 0.2) is 47.4 Å². The molecule has 140 valence electrons. The van der Waals surface area contributed by atoms with Crippen LogP contribution in [0.2, 0.25) is 5.02 Å². The van der Waals surface area contributed by atoms with Crippen LogP contribution in [-0.4, -0.2) is 29.3 Å². The molecule has 5 nitrogen and oxygen atoms in total. The maximum absolute atomic E-state index is 12.6. The molecule has 2 aromatic rings. The molecular formula is C20H19ClN2O3S. The Bertz CT molecular complexity index is 897. The summed E-state index contributed by atoms with van der Waals surface area (Å²) in [7, 11) is 0. The molecule has 1 fully saturated rings. The molecule has 1 N–H and O–H groups in total. The number of hydrogen-bond donors (Lipinski definition) is 1. The minimum Gasteiger partial charge on any atom is -0.494 e. The predicted molar refractivity (Wildman–Crippen MR) is 110 cm³/mol. The number of carbonyl (C=O) groups excluding carboxylic acids is 2. The van der Waals surface area contributed by atoms with Gasteiger partial charge in [-0.2, -0.15) is 0 Å². The highest BCUT2D eigenvalue weighted by molar-refractivity contribution is 8.18. The van der Waals surface area contributed by atoms with Gasteiger partial charge in [-0.3, -0.25) is 14.5 Å². The number of nitrogens with zero attached hydrogens (tertiary/aromatic N) is 1. The molecule has 2 amide bonds. The third-order valence-electron chi connectivity index (χ3n) is 3.98. The van der Waals surface area contributed by atoms with Crippen LogP contribution in [0.3, 0.4) is 0 Å². The standard InChI is InChI=1S/C20H19ClN2O3S/c1-3-26-16-8-5-14(6-9-16)10-18-19(24)23(20(25)27-18)12-22-15-7-4-13(2)17(21)11-15/h4-11,22H,3,12H2,1-2H3/b18-10-. The second-order valence-electron chi connectivity index (χ2n) is 5.91. The summed E-state index contributed by atoms with van der Waals surface area (Å²) >= 11 is 7.03. The molecule has 1 aliphatic heterocycles. The van der Waals surface area contributed by atoms with Crippen LogP contribution in [0.5, 0.6) is 5.75 Å². The molecule has 2 aromatic carbocycles. The fourth-order valence-electron chi connectivity index (χ4n) is 2.49. The van der Waals surface area contributed by atoms with Crippen LogP contribution in [0.1, 0.15) is 18.1 Å². The van der Waals surface area contributed by atoms with Gasteiger partial charge in [0.05, 0.1) is 18.2 Å². The Hall–Kier alpha value is -2.44. The lowest BCUT2D eigenvalue weighted by Crippen LogP contribution is -2.33. The molecule has 27 heavy (non-hydrogen) atoms. The number of ether oxygens (including phenoxy) is 1. The zero-order chi connectivity index (χ0) is 19.4. The second kappa shape index (κ2) is 8.50. The molecule has 0 bridgehead atoms. The Labute approximate surface area is 167 Å². The Morgan fingerprint density at radius 1 is 1.19 bits per heavy atom. The lowest BCUT2D eigenvalue weighted by Gasteiger charge is -2.15. The van der Waals surface area contributed by atoms with E-state index in [0.717, 1.165) is 34.3 Å². The van der Waals surface area contributed by atoms with Crippen molar-refractivity contribution in [3.63, 3.8) is 0 Å². The molecule has 0 atom stereocenters. The van der Waals surface area contributed by atoms with Crippen LogP contribution in [-0.2, 0) is 4.79 Å². The van der Waals surface area contributed by atoms with Crippen molar-refractivity contribution in [1.29, 1.82) is 0 Å². The number of anilines is 1. The maximum atomic E-state index is 12.6. The number of aryl methyl sites for hydroxylation is 1. The Morgan fingerprint density at radius 3 is 2.59 bits per heavy atom. The number of thioether (sulfide) groups is 1. The first-order valence-corrected chi connectivity index (χ1v) is 9.65. The fourth-order valence-corrected chi connectivity index (χ4v) is 3.51. The number of carbonyl (C=O) groups is 2. The molecular weight excluding hydrogens is 384 g/mol. The van der Waals surface area contributed by atoms with Crippen molar-refractivity contribution in [1.82, 2.24) is 4.90 Å². The SMILES string of the molecule is CCOc1ccc(/C=C2\SC(=O)N(CNc3ccc(C)c(Cl)c3)C2=O)cc1. The van der Waals surface area contributed by atoms with Crippen molar-refractivity contribution in [2.45, 2.75) is 13.8 Å². The normalized spacial score (nSPS) is 15.5. The maximum Gasteiger partial charge on any atom is 0.295 e. The average molecular weight is 403 g/mol. The first kappa shape index (κ1) is 19.3. The van der Waals surface area contributed by atoms with E-state index in [9.17, 15) is 9.59 Å². The van der Waals surface area contributed by atoms with Gasteiger partial charge < -0.3 is 10.1 Å². The summed E-state index contributed by atoms with van der Waals surface area (Å²) in [6.45, 7) is 4.51. The zero-order valence-electron chi connectivity index (χ0n) is 15.0. The van der Waals surface area contributed by atoms with Gasteiger partial charge in [0, 0.05) is 10.7 Å². The highest BCUT2D eigenvalue weighted by atomic mass is 35.5. The third-order valence-corrected chi connectivity index (χ3v) is 5.29. The van der Waals surface area contributed by atoms with Crippen molar-refractivity contribution < 1.29 is 14.3 Å². The summed E-state index contributed by atoms with van der Waals surface area (Å²) in [6, 6.07) is 12.9. The monoisotopic (exact) mass is 402 g/mol. The van der Waals surface area contributed by atoms with Crippen molar-refractivity contribution in [2.24, 2.45) is 0 Å². The van der Waals surface area contributed by atoms with Crippen LogP contribution in [0, 0.1) is 6.92 Å². The number of rotatable bonds is 6. The predicted octanol–water partition coefficient (Wildman–Crippen LogP) is 5.15. The first-order chi connectivity index (χ1) is 13.0. The van der Waals surface area contributed by atoms with Gasteiger partial charge in [0.25, 0.3) is 11.1 Å². The summed E-state index contributed by atoms with van der Waals surface area (Å²) in [5.74, 6) is 0.452. The van der Waals surface area contributed by atoms with Gasteiger partial charge in [-0.25, -0.2) is 0 Å². The molecule has 0 aromatic heterocycles. The molecule has 0 aliphatic carbocycles. The Morgan fingerprint density at radius 2 is 1.93 bits per heavy atom. The van der Waals surface area contributed by atoms with E-state index in [2.05, 4.69) is 5.32 Å². The van der Waals surface area contributed by atoms with E-state index in [4.69, 9.17) is 16.3 Å². The fraction of sp³-hybridized carbons (Fsp3) is 0.200. The quantitative estimate of drug-likeness (QED) is 0.677. The molecule has 1 aliphatic rings. The summed E-state index contributed by atoms with van der Waals surface area (Å²) < 4.78 is 5.40. The number of amides is 2. The lowest BCUT2D eigenvalue weighted by atomic mass is 10.2. The largest absolute Gasteiger partial charge is 0.494 e. The van der Waals surface area contributed by atoms with Crippen molar-refractivity contribution in [3.05, 3.63) is 63.5 Å². The van der Waals surface area contributed by atoms with Crippen LogP contribution < -0.4 is 10.1 Å². The van der Waals surface area contributed by atoms with Gasteiger partial charge in [-0.1, -0.05) is 29.8 Å². The van der Waals surface area contributed by atoms with Crippen LogP contribution in [0.25, 0.3) is 6.08 Å². The van der Waals surface area contributed by atoms with E-state index in [-0.39, 0.29) is 17.8 Å².